The van der Waals surface area contributed by atoms with Crippen molar-refractivity contribution < 1.29 is 9.47 Å². The Morgan fingerprint density at radius 3 is 2.90 bits per heavy atom. The van der Waals surface area contributed by atoms with Crippen LogP contribution < -0.4 is 9.47 Å². The van der Waals surface area contributed by atoms with Gasteiger partial charge in [-0.3, -0.25) is 4.99 Å². The van der Waals surface area contributed by atoms with Gasteiger partial charge in [0, 0.05) is 41.1 Å². The third-order valence-electron chi connectivity index (χ3n) is 3.54. The van der Waals surface area contributed by atoms with Crippen molar-refractivity contribution >= 4 is 17.0 Å². The average Bonchev–Trinajstić information content (AvgIpc) is 2.96. The first-order valence-corrected chi connectivity index (χ1v) is 7.50. The second kappa shape index (κ2) is 5.67. The van der Waals surface area contributed by atoms with Crippen molar-refractivity contribution in [3.05, 3.63) is 45.6 Å². The molecule has 0 aliphatic carbocycles. The molecule has 0 fully saturated rings. The Morgan fingerprint density at radius 2 is 2.10 bits per heavy atom. The number of nitrogens with zero attached hydrogens (tertiary/aromatic N) is 1. The largest absolute Gasteiger partial charge is 0.497 e. The zero-order chi connectivity index (χ0) is 13.9. The van der Waals surface area contributed by atoms with Crippen LogP contribution in [0.15, 0.2) is 34.6 Å². The zero-order valence-electron chi connectivity index (χ0n) is 11.7. The number of ether oxygens (including phenoxy) is 2. The van der Waals surface area contributed by atoms with Crippen LogP contribution in [-0.4, -0.2) is 26.5 Å². The summed E-state index contributed by atoms with van der Waals surface area (Å²) in [6, 6.07) is 8.07. The fourth-order valence-corrected chi connectivity index (χ4v) is 3.41. The smallest absolute Gasteiger partial charge is 0.122 e. The first-order chi connectivity index (χ1) is 9.81. The molecule has 0 radical (unpaired) electrons. The van der Waals surface area contributed by atoms with Gasteiger partial charge in [0.2, 0.25) is 0 Å². The van der Waals surface area contributed by atoms with E-state index in [0.29, 0.717) is 0 Å². The van der Waals surface area contributed by atoms with Crippen LogP contribution in [0, 0.1) is 0 Å². The van der Waals surface area contributed by atoms with Crippen molar-refractivity contribution in [1.29, 1.82) is 0 Å². The molecule has 0 saturated heterocycles. The van der Waals surface area contributed by atoms with Crippen LogP contribution in [0.1, 0.15) is 16.0 Å². The summed E-state index contributed by atoms with van der Waals surface area (Å²) in [7, 11) is 3.38. The molecule has 1 aromatic carbocycles. The van der Waals surface area contributed by atoms with Gasteiger partial charge in [-0.1, -0.05) is 0 Å². The summed E-state index contributed by atoms with van der Waals surface area (Å²) in [5, 5.41) is 2.15. The summed E-state index contributed by atoms with van der Waals surface area (Å²) in [6.45, 7) is 0.884. The number of aliphatic imine (C=N–C) groups is 1. The van der Waals surface area contributed by atoms with E-state index >= 15 is 0 Å². The first-order valence-electron chi connectivity index (χ1n) is 6.63. The molecule has 0 unspecified atom stereocenters. The lowest BCUT2D eigenvalue weighted by atomic mass is 9.99. The number of hydrogen-bond acceptors (Lipinski definition) is 4. The molecule has 3 rings (SSSR count). The summed E-state index contributed by atoms with van der Waals surface area (Å²) < 4.78 is 10.8. The van der Waals surface area contributed by atoms with Crippen LogP contribution in [-0.2, 0) is 12.8 Å². The van der Waals surface area contributed by atoms with Gasteiger partial charge in [-0.15, -0.1) is 11.3 Å². The molecule has 2 heterocycles. The second-order valence-corrected chi connectivity index (χ2v) is 5.69. The molecule has 0 spiro atoms. The van der Waals surface area contributed by atoms with Crippen LogP contribution >= 0.6 is 11.3 Å². The van der Waals surface area contributed by atoms with Gasteiger partial charge < -0.3 is 9.47 Å². The molecule has 1 aromatic heterocycles. The molecule has 4 heteroatoms. The van der Waals surface area contributed by atoms with Crippen molar-refractivity contribution in [2.45, 2.75) is 12.8 Å². The van der Waals surface area contributed by atoms with Gasteiger partial charge in [0.1, 0.15) is 11.5 Å². The fraction of sp³-hybridized carbons (Fsp3) is 0.312. The van der Waals surface area contributed by atoms with E-state index in [2.05, 4.69) is 11.4 Å². The molecular weight excluding hydrogens is 270 g/mol. The van der Waals surface area contributed by atoms with E-state index in [4.69, 9.17) is 14.5 Å². The van der Waals surface area contributed by atoms with E-state index in [9.17, 15) is 0 Å². The Morgan fingerprint density at radius 1 is 1.20 bits per heavy atom. The fourth-order valence-electron chi connectivity index (χ4n) is 2.52. The number of hydrogen-bond donors (Lipinski definition) is 0. The average molecular weight is 287 g/mol. The van der Waals surface area contributed by atoms with E-state index in [0.717, 1.165) is 42.2 Å². The predicted molar refractivity (Wildman–Crippen MR) is 82.7 cm³/mol. The quantitative estimate of drug-likeness (QED) is 0.863. The SMILES string of the molecule is COc1ccc(OC)c(CC2=NCCc3sccc32)c1. The Labute approximate surface area is 122 Å². The highest BCUT2D eigenvalue weighted by Gasteiger charge is 2.17. The normalized spacial score (nSPS) is 13.6. The maximum atomic E-state index is 5.45. The molecule has 0 bridgehead atoms. The highest BCUT2D eigenvalue weighted by atomic mass is 32.1. The van der Waals surface area contributed by atoms with Crippen molar-refractivity contribution in [2.24, 2.45) is 4.99 Å². The number of methoxy groups -OCH3 is 2. The Kier molecular flexibility index (Phi) is 3.74. The minimum Gasteiger partial charge on any atom is -0.497 e. The van der Waals surface area contributed by atoms with Gasteiger partial charge in [-0.05, 0) is 29.6 Å². The molecule has 1 aliphatic heterocycles. The molecule has 0 amide bonds. The summed E-state index contributed by atoms with van der Waals surface area (Å²) in [6.07, 6.45) is 1.84. The number of fused-ring (bicyclic) bond motifs is 1. The zero-order valence-corrected chi connectivity index (χ0v) is 12.5. The molecular formula is C16H17NO2S. The lowest BCUT2D eigenvalue weighted by Gasteiger charge is -2.15. The predicted octanol–water partition coefficient (Wildman–Crippen LogP) is 3.35. The van der Waals surface area contributed by atoms with E-state index in [-0.39, 0.29) is 0 Å². The maximum absolute atomic E-state index is 5.45. The molecule has 1 aliphatic rings. The van der Waals surface area contributed by atoms with E-state index in [1.165, 1.54) is 10.4 Å². The standard InChI is InChI=1S/C16H17NO2S/c1-18-12-3-4-15(19-2)11(9-12)10-14-13-6-8-20-16(13)5-7-17-14/h3-4,6,8-9H,5,7,10H2,1-2H3. The lowest BCUT2D eigenvalue weighted by molar-refractivity contribution is 0.400. The third kappa shape index (κ3) is 2.43. The third-order valence-corrected chi connectivity index (χ3v) is 4.52. The van der Waals surface area contributed by atoms with Crippen molar-refractivity contribution in [2.75, 3.05) is 20.8 Å². The minimum atomic E-state index is 0.782. The van der Waals surface area contributed by atoms with Crippen molar-refractivity contribution in [3.8, 4) is 11.5 Å². The van der Waals surface area contributed by atoms with E-state index in [1.807, 2.05) is 29.5 Å². The Hall–Kier alpha value is -1.81. The van der Waals surface area contributed by atoms with Gasteiger partial charge in [-0.2, -0.15) is 0 Å². The van der Waals surface area contributed by atoms with Crippen molar-refractivity contribution in [3.63, 3.8) is 0 Å². The summed E-state index contributed by atoms with van der Waals surface area (Å²) in [4.78, 5) is 6.14. The highest BCUT2D eigenvalue weighted by Crippen LogP contribution is 2.28. The second-order valence-electron chi connectivity index (χ2n) is 4.69. The van der Waals surface area contributed by atoms with Crippen molar-refractivity contribution in [1.82, 2.24) is 0 Å². The molecule has 0 atom stereocenters. The van der Waals surface area contributed by atoms with Crippen LogP contribution in [0.25, 0.3) is 0 Å². The van der Waals surface area contributed by atoms with Gasteiger partial charge >= 0.3 is 0 Å². The topological polar surface area (TPSA) is 30.8 Å². The van der Waals surface area contributed by atoms with Gasteiger partial charge in [-0.25, -0.2) is 0 Å². The number of benzene rings is 1. The van der Waals surface area contributed by atoms with Gasteiger partial charge in [0.05, 0.1) is 14.2 Å². The number of rotatable bonds is 4. The highest BCUT2D eigenvalue weighted by molar-refractivity contribution is 7.10. The molecule has 0 saturated carbocycles. The molecule has 104 valence electrons. The van der Waals surface area contributed by atoms with Gasteiger partial charge in [0.25, 0.3) is 0 Å². The molecule has 0 N–H and O–H groups in total. The molecule has 2 aromatic rings. The summed E-state index contributed by atoms with van der Waals surface area (Å²) >= 11 is 1.82. The Balaban J connectivity index is 1.93. The van der Waals surface area contributed by atoms with Crippen LogP contribution in [0.4, 0.5) is 0 Å². The summed E-state index contributed by atoms with van der Waals surface area (Å²) in [5.41, 5.74) is 3.56. The maximum Gasteiger partial charge on any atom is 0.122 e. The first kappa shape index (κ1) is 13.2. The monoisotopic (exact) mass is 287 g/mol. The molecule has 3 nitrogen and oxygen atoms in total. The van der Waals surface area contributed by atoms with E-state index in [1.54, 1.807) is 14.2 Å². The van der Waals surface area contributed by atoms with Crippen LogP contribution in [0.5, 0.6) is 11.5 Å². The Bertz CT molecular complexity index is 646. The van der Waals surface area contributed by atoms with Crippen LogP contribution in [0.2, 0.25) is 0 Å². The number of thiophene rings is 1. The minimum absolute atomic E-state index is 0.782. The summed E-state index contributed by atoms with van der Waals surface area (Å²) in [5.74, 6) is 1.73. The van der Waals surface area contributed by atoms with Gasteiger partial charge in [0.15, 0.2) is 0 Å². The molecule has 20 heavy (non-hydrogen) atoms. The van der Waals surface area contributed by atoms with E-state index < -0.39 is 0 Å². The van der Waals surface area contributed by atoms with Crippen LogP contribution in [0.3, 0.4) is 0 Å². The lowest BCUT2D eigenvalue weighted by Crippen LogP contribution is -2.13.